The number of aromatic amines is 1. The maximum atomic E-state index is 6.79. The van der Waals surface area contributed by atoms with E-state index < -0.39 is 0 Å². The number of likely N-dealkylation sites (N-methyl/N-ethyl adjacent to an activating group) is 1. The molecule has 146 valence electrons. The number of hydrogen-bond acceptors (Lipinski definition) is 2. The van der Waals surface area contributed by atoms with Gasteiger partial charge in [-0.15, -0.1) is 0 Å². The molecular weight excluding hydrogens is 434 g/mol. The molecule has 1 aliphatic carbocycles. The number of piperazine rings is 1. The Bertz CT molecular complexity index is 1080. The van der Waals surface area contributed by atoms with Crippen molar-refractivity contribution in [1.29, 1.82) is 0 Å². The quantitative estimate of drug-likeness (QED) is 0.515. The van der Waals surface area contributed by atoms with E-state index in [1.54, 1.807) is 0 Å². The third-order valence-corrected chi connectivity index (χ3v) is 7.35. The molecule has 2 heterocycles. The van der Waals surface area contributed by atoms with E-state index in [0.29, 0.717) is 0 Å². The molecule has 1 saturated heterocycles. The summed E-state index contributed by atoms with van der Waals surface area (Å²) in [7, 11) is 2.19. The average molecular weight is 459 g/mol. The van der Waals surface area contributed by atoms with E-state index in [9.17, 15) is 0 Å². The molecule has 0 spiro atoms. The number of rotatable bonds is 1. The minimum Gasteiger partial charge on any atom is -0.368 e. The van der Waals surface area contributed by atoms with Crippen LogP contribution in [0.25, 0.3) is 10.9 Å². The lowest BCUT2D eigenvalue weighted by Crippen LogP contribution is -2.44. The van der Waals surface area contributed by atoms with Crippen LogP contribution < -0.4 is 4.90 Å². The Balaban J connectivity index is 1.63. The highest BCUT2D eigenvalue weighted by atomic mass is 79.9. The van der Waals surface area contributed by atoms with Crippen LogP contribution >= 0.6 is 27.5 Å². The summed E-state index contributed by atoms with van der Waals surface area (Å²) < 4.78 is 1.11. The van der Waals surface area contributed by atoms with Crippen molar-refractivity contribution < 1.29 is 0 Å². The minimum atomic E-state index is -0.0830. The van der Waals surface area contributed by atoms with E-state index in [4.69, 9.17) is 11.6 Å². The van der Waals surface area contributed by atoms with Gasteiger partial charge in [0.05, 0.1) is 10.7 Å². The summed E-state index contributed by atoms with van der Waals surface area (Å²) in [5.74, 6) is 0. The normalized spacial score (nSPS) is 19.0. The number of nitrogens with zero attached hydrogens (tertiary/aromatic N) is 2. The van der Waals surface area contributed by atoms with Crippen LogP contribution in [0.2, 0.25) is 5.02 Å². The molecule has 1 aliphatic heterocycles. The Labute approximate surface area is 179 Å². The highest BCUT2D eigenvalue weighted by Crippen LogP contribution is 2.46. The zero-order valence-electron chi connectivity index (χ0n) is 16.6. The van der Waals surface area contributed by atoms with Gasteiger partial charge < -0.3 is 14.8 Å². The van der Waals surface area contributed by atoms with Gasteiger partial charge in [0.1, 0.15) is 0 Å². The van der Waals surface area contributed by atoms with Gasteiger partial charge in [0.25, 0.3) is 0 Å². The van der Waals surface area contributed by atoms with Crippen LogP contribution in [0.4, 0.5) is 5.69 Å². The van der Waals surface area contributed by atoms with Gasteiger partial charge in [0.2, 0.25) is 0 Å². The van der Waals surface area contributed by atoms with Crippen LogP contribution in [0.15, 0.2) is 34.8 Å². The fraction of sp³-hybridized carbons (Fsp3) is 0.391. The van der Waals surface area contributed by atoms with Crippen molar-refractivity contribution in [2.24, 2.45) is 0 Å². The summed E-state index contributed by atoms with van der Waals surface area (Å²) in [6.45, 7) is 8.88. The Kier molecular flexibility index (Phi) is 4.31. The maximum Gasteiger partial charge on any atom is 0.0642 e. The van der Waals surface area contributed by atoms with Crippen molar-refractivity contribution in [3.05, 3.63) is 62.2 Å². The summed E-state index contributed by atoms with van der Waals surface area (Å²) in [5, 5.41) is 2.20. The number of hydrogen-bond donors (Lipinski definition) is 1. The fourth-order valence-electron chi connectivity index (χ4n) is 4.89. The van der Waals surface area contributed by atoms with Crippen molar-refractivity contribution in [1.82, 2.24) is 9.88 Å². The van der Waals surface area contributed by atoms with Gasteiger partial charge >= 0.3 is 0 Å². The minimum absolute atomic E-state index is 0.0830. The van der Waals surface area contributed by atoms with E-state index in [-0.39, 0.29) is 5.41 Å². The standard InChI is InChI=1S/C23H25BrClN3/c1-23(2)18-13-21(28-8-6-27(3)7-9-28)19(25)11-14(18)10-17-16-5-4-15(24)12-20(16)26-22(17)23/h4-5,11-13,26H,6-10H2,1-3H3. The topological polar surface area (TPSA) is 22.3 Å². The molecule has 1 N–H and O–H groups in total. The van der Waals surface area contributed by atoms with Gasteiger partial charge in [-0.1, -0.05) is 47.4 Å². The Morgan fingerprint density at radius 3 is 2.57 bits per heavy atom. The molecule has 5 heteroatoms. The van der Waals surface area contributed by atoms with Gasteiger partial charge in [-0.05, 0) is 48.0 Å². The lowest BCUT2D eigenvalue weighted by atomic mass is 9.71. The van der Waals surface area contributed by atoms with Crippen LogP contribution in [0.1, 0.15) is 36.2 Å². The lowest BCUT2D eigenvalue weighted by molar-refractivity contribution is 0.313. The number of H-pyrrole nitrogens is 1. The number of aromatic nitrogens is 1. The zero-order valence-corrected chi connectivity index (χ0v) is 18.9. The lowest BCUT2D eigenvalue weighted by Gasteiger charge is -2.38. The van der Waals surface area contributed by atoms with Crippen molar-refractivity contribution in [2.75, 3.05) is 38.1 Å². The van der Waals surface area contributed by atoms with E-state index in [2.05, 4.69) is 81.9 Å². The Morgan fingerprint density at radius 1 is 1.07 bits per heavy atom. The molecule has 1 aromatic heterocycles. The monoisotopic (exact) mass is 457 g/mol. The molecular formula is C23H25BrClN3. The number of anilines is 1. The predicted octanol–water partition coefficient (Wildman–Crippen LogP) is 5.57. The Morgan fingerprint density at radius 2 is 1.82 bits per heavy atom. The third kappa shape index (κ3) is 2.80. The number of fused-ring (bicyclic) bond motifs is 4. The molecule has 0 saturated carbocycles. The van der Waals surface area contributed by atoms with Crippen molar-refractivity contribution in [3.8, 4) is 0 Å². The molecule has 0 radical (unpaired) electrons. The molecule has 3 nitrogen and oxygen atoms in total. The van der Waals surface area contributed by atoms with E-state index in [0.717, 1.165) is 42.1 Å². The van der Waals surface area contributed by atoms with E-state index in [1.165, 1.54) is 39.0 Å². The maximum absolute atomic E-state index is 6.79. The highest BCUT2D eigenvalue weighted by Gasteiger charge is 2.36. The molecule has 0 atom stereocenters. The second-order valence-corrected chi connectivity index (χ2v) is 10.0. The highest BCUT2D eigenvalue weighted by molar-refractivity contribution is 9.10. The smallest absolute Gasteiger partial charge is 0.0642 e. The second kappa shape index (κ2) is 6.51. The molecule has 28 heavy (non-hydrogen) atoms. The molecule has 0 amide bonds. The predicted molar refractivity (Wildman–Crippen MR) is 122 cm³/mol. The van der Waals surface area contributed by atoms with Gasteiger partial charge in [0.15, 0.2) is 0 Å². The molecule has 0 bridgehead atoms. The first-order valence-corrected chi connectivity index (χ1v) is 11.1. The number of benzene rings is 2. The molecule has 5 rings (SSSR count). The SMILES string of the molecule is CN1CCN(c2cc3c(cc2Cl)Cc2c([nH]c4cc(Br)ccc24)C3(C)C)CC1. The first-order chi connectivity index (χ1) is 13.3. The fourth-order valence-corrected chi connectivity index (χ4v) is 5.56. The molecule has 1 fully saturated rings. The molecule has 2 aliphatic rings. The largest absolute Gasteiger partial charge is 0.368 e. The summed E-state index contributed by atoms with van der Waals surface area (Å²) in [6.07, 6.45) is 0.929. The van der Waals surface area contributed by atoms with Gasteiger partial charge in [-0.2, -0.15) is 0 Å². The van der Waals surface area contributed by atoms with Crippen molar-refractivity contribution >= 4 is 44.1 Å². The number of halogens is 2. The summed E-state index contributed by atoms with van der Waals surface area (Å²) in [5.41, 5.74) is 7.78. The molecule has 3 aromatic rings. The second-order valence-electron chi connectivity index (χ2n) is 8.72. The van der Waals surface area contributed by atoms with Gasteiger partial charge in [0, 0.05) is 59.1 Å². The van der Waals surface area contributed by atoms with Gasteiger partial charge in [-0.25, -0.2) is 0 Å². The molecule has 0 unspecified atom stereocenters. The summed E-state index contributed by atoms with van der Waals surface area (Å²) in [4.78, 5) is 8.54. The average Bonchev–Trinajstić information content (AvgIpc) is 3.01. The van der Waals surface area contributed by atoms with Crippen molar-refractivity contribution in [2.45, 2.75) is 25.7 Å². The van der Waals surface area contributed by atoms with Crippen LogP contribution in [0.5, 0.6) is 0 Å². The van der Waals surface area contributed by atoms with Crippen LogP contribution in [0.3, 0.4) is 0 Å². The first-order valence-electron chi connectivity index (χ1n) is 9.91. The Hall–Kier alpha value is -1.49. The number of nitrogens with one attached hydrogen (secondary N) is 1. The zero-order chi connectivity index (χ0) is 19.6. The van der Waals surface area contributed by atoms with Gasteiger partial charge in [-0.3, -0.25) is 0 Å². The molecule has 2 aromatic carbocycles. The summed E-state index contributed by atoms with van der Waals surface area (Å²) >= 11 is 10.4. The van der Waals surface area contributed by atoms with E-state index in [1.807, 2.05) is 0 Å². The summed E-state index contributed by atoms with van der Waals surface area (Å²) in [6, 6.07) is 11.1. The van der Waals surface area contributed by atoms with Crippen molar-refractivity contribution in [3.63, 3.8) is 0 Å². The van der Waals surface area contributed by atoms with Crippen LogP contribution in [-0.2, 0) is 11.8 Å². The van der Waals surface area contributed by atoms with E-state index >= 15 is 0 Å². The third-order valence-electron chi connectivity index (χ3n) is 6.55. The van der Waals surface area contributed by atoms with Crippen LogP contribution in [0, 0.1) is 0 Å². The van der Waals surface area contributed by atoms with Crippen LogP contribution in [-0.4, -0.2) is 43.1 Å². The first kappa shape index (κ1) is 18.5.